The van der Waals surface area contributed by atoms with Gasteiger partial charge in [-0.2, -0.15) is 4.31 Å². The van der Waals surface area contributed by atoms with E-state index < -0.39 is 15.9 Å². The van der Waals surface area contributed by atoms with Crippen LogP contribution >= 0.6 is 15.9 Å². The second-order valence-electron chi connectivity index (χ2n) is 9.65. The molecule has 1 saturated heterocycles. The molecule has 7 nitrogen and oxygen atoms in total. The molecule has 0 aromatic heterocycles. The van der Waals surface area contributed by atoms with Crippen molar-refractivity contribution in [3.05, 3.63) is 52.0 Å². The molecule has 0 N–H and O–H groups in total. The lowest BCUT2D eigenvalue weighted by Crippen LogP contribution is -2.48. The number of amides is 2. The average molecular weight is 561 g/mol. The first kappa shape index (κ1) is 24.5. The number of hydrogen-bond acceptors (Lipinski definition) is 4. The number of anilines is 2. The molecule has 35 heavy (non-hydrogen) atoms. The van der Waals surface area contributed by atoms with E-state index in [9.17, 15) is 18.0 Å². The lowest BCUT2D eigenvalue weighted by molar-refractivity contribution is -0.123. The summed E-state index contributed by atoms with van der Waals surface area (Å²) >= 11 is 3.47. The van der Waals surface area contributed by atoms with Crippen LogP contribution in [0.2, 0.25) is 0 Å². The van der Waals surface area contributed by atoms with Crippen molar-refractivity contribution < 1.29 is 18.0 Å². The van der Waals surface area contributed by atoms with Gasteiger partial charge < -0.3 is 9.80 Å². The Morgan fingerprint density at radius 3 is 2.63 bits per heavy atom. The van der Waals surface area contributed by atoms with E-state index in [4.69, 9.17) is 0 Å². The number of hydrogen-bond donors (Lipinski definition) is 0. The number of fused-ring (bicyclic) bond motifs is 2. The van der Waals surface area contributed by atoms with Crippen LogP contribution in [-0.2, 0) is 32.5 Å². The number of carbonyl (C=O) groups excluding carboxylic acids is 2. The van der Waals surface area contributed by atoms with Crippen molar-refractivity contribution >= 4 is 49.1 Å². The van der Waals surface area contributed by atoms with Crippen LogP contribution in [0.1, 0.15) is 44.2 Å². The molecule has 5 rings (SSSR count). The molecule has 3 aliphatic rings. The fourth-order valence-corrected chi connectivity index (χ4v) is 8.23. The highest BCUT2D eigenvalue weighted by atomic mass is 79.9. The maximum atomic E-state index is 13.8. The SMILES string of the molecule is CCC(=O)N1CCc2cc(Br)c(S(=O)(=O)N3CCC[C@@H](C(=O)N4c5ccccc5C[C@@H]4C)C3)cc21. The molecule has 0 saturated carbocycles. The molecule has 186 valence electrons. The number of benzene rings is 2. The van der Waals surface area contributed by atoms with Gasteiger partial charge in [-0.15, -0.1) is 0 Å². The Hall–Kier alpha value is -2.23. The van der Waals surface area contributed by atoms with Crippen LogP contribution in [0, 0.1) is 5.92 Å². The van der Waals surface area contributed by atoms with Crippen LogP contribution in [0.5, 0.6) is 0 Å². The van der Waals surface area contributed by atoms with Gasteiger partial charge in [-0.3, -0.25) is 9.59 Å². The number of para-hydroxylation sites is 1. The molecule has 3 aliphatic heterocycles. The van der Waals surface area contributed by atoms with E-state index >= 15 is 0 Å². The maximum Gasteiger partial charge on any atom is 0.244 e. The molecule has 3 heterocycles. The highest BCUT2D eigenvalue weighted by molar-refractivity contribution is 9.10. The van der Waals surface area contributed by atoms with Crippen molar-refractivity contribution in [3.63, 3.8) is 0 Å². The van der Waals surface area contributed by atoms with Crippen molar-refractivity contribution in [3.8, 4) is 0 Å². The zero-order valence-corrected chi connectivity index (χ0v) is 22.4. The van der Waals surface area contributed by atoms with Gasteiger partial charge in [0.1, 0.15) is 0 Å². The van der Waals surface area contributed by atoms with Gasteiger partial charge in [0.05, 0.1) is 10.8 Å². The third-order valence-electron chi connectivity index (χ3n) is 7.43. The Morgan fingerprint density at radius 2 is 1.86 bits per heavy atom. The third-order valence-corrected chi connectivity index (χ3v) is 10.3. The zero-order chi connectivity index (χ0) is 24.9. The predicted octanol–water partition coefficient (Wildman–Crippen LogP) is 4.13. The van der Waals surface area contributed by atoms with Gasteiger partial charge in [-0.05, 0) is 77.9 Å². The smallest absolute Gasteiger partial charge is 0.244 e. The number of piperidine rings is 1. The molecule has 0 spiro atoms. The molecule has 2 aromatic rings. The second-order valence-corrected chi connectivity index (χ2v) is 12.4. The molecule has 2 aromatic carbocycles. The predicted molar refractivity (Wildman–Crippen MR) is 139 cm³/mol. The van der Waals surface area contributed by atoms with E-state index in [1.165, 1.54) is 4.31 Å². The van der Waals surface area contributed by atoms with Crippen LogP contribution in [0.3, 0.4) is 0 Å². The second kappa shape index (κ2) is 9.33. The summed E-state index contributed by atoms with van der Waals surface area (Å²) in [5.41, 5.74) is 3.73. The van der Waals surface area contributed by atoms with Crippen molar-refractivity contribution in [2.24, 2.45) is 5.92 Å². The van der Waals surface area contributed by atoms with Crippen molar-refractivity contribution in [2.45, 2.75) is 56.9 Å². The summed E-state index contributed by atoms with van der Waals surface area (Å²) in [6.07, 6.45) is 3.18. The first-order valence-corrected chi connectivity index (χ1v) is 14.5. The largest absolute Gasteiger partial charge is 0.312 e. The molecule has 0 radical (unpaired) electrons. The minimum atomic E-state index is -3.86. The van der Waals surface area contributed by atoms with E-state index in [0.717, 1.165) is 23.2 Å². The highest BCUT2D eigenvalue weighted by Crippen LogP contribution is 2.39. The summed E-state index contributed by atoms with van der Waals surface area (Å²) in [6, 6.07) is 11.4. The number of rotatable bonds is 4. The minimum absolute atomic E-state index is 0.00455. The molecule has 0 unspecified atom stereocenters. The number of halogens is 1. The normalized spacial score (nSPS) is 22.3. The van der Waals surface area contributed by atoms with E-state index in [1.807, 2.05) is 36.1 Å². The summed E-state index contributed by atoms with van der Waals surface area (Å²) in [5, 5.41) is 0. The topological polar surface area (TPSA) is 78.0 Å². The Bertz CT molecular complexity index is 1300. The standard InChI is InChI=1S/C26H30BrN3O4S/c1-3-25(31)29-12-10-19-14-21(27)24(15-23(19)29)35(33,34)28-11-6-8-20(16-28)26(32)30-17(2)13-18-7-4-5-9-22(18)30/h4-5,7,9,14-15,17,20H,3,6,8,10-13,16H2,1-2H3/t17-,20+/m0/s1. The molecular weight excluding hydrogens is 530 g/mol. The van der Waals surface area contributed by atoms with E-state index in [1.54, 1.807) is 17.9 Å². The fraction of sp³-hybridized carbons (Fsp3) is 0.462. The van der Waals surface area contributed by atoms with Gasteiger partial charge in [0, 0.05) is 47.9 Å². The van der Waals surface area contributed by atoms with Crippen LogP contribution in [0.25, 0.3) is 0 Å². The number of nitrogens with zero attached hydrogens (tertiary/aromatic N) is 3. The summed E-state index contributed by atoms with van der Waals surface area (Å²) in [7, 11) is -3.86. The van der Waals surface area contributed by atoms with Gasteiger partial charge in [0.15, 0.2) is 0 Å². The molecule has 1 fully saturated rings. The quantitative estimate of drug-likeness (QED) is 0.564. The third kappa shape index (κ3) is 4.21. The van der Waals surface area contributed by atoms with Crippen molar-refractivity contribution in [1.82, 2.24) is 4.31 Å². The first-order valence-electron chi connectivity index (χ1n) is 12.3. The average Bonchev–Trinajstić information content (AvgIpc) is 3.42. The Kier molecular flexibility index (Phi) is 6.52. The summed E-state index contributed by atoms with van der Waals surface area (Å²) in [5.74, 6) is -0.411. The van der Waals surface area contributed by atoms with Crippen LogP contribution < -0.4 is 9.80 Å². The molecule has 0 bridgehead atoms. The van der Waals surface area contributed by atoms with Crippen LogP contribution in [0.15, 0.2) is 45.8 Å². The fourth-order valence-electron chi connectivity index (χ4n) is 5.64. The highest BCUT2D eigenvalue weighted by Gasteiger charge is 2.40. The summed E-state index contributed by atoms with van der Waals surface area (Å²) < 4.78 is 29.5. The van der Waals surface area contributed by atoms with Gasteiger partial charge in [0.2, 0.25) is 21.8 Å². The molecule has 2 amide bonds. The van der Waals surface area contributed by atoms with E-state index in [2.05, 4.69) is 22.0 Å². The van der Waals surface area contributed by atoms with Gasteiger partial charge in [-0.25, -0.2) is 8.42 Å². The van der Waals surface area contributed by atoms with Gasteiger partial charge in [-0.1, -0.05) is 25.1 Å². The molecular formula is C26H30BrN3O4S. The van der Waals surface area contributed by atoms with E-state index in [0.29, 0.717) is 48.9 Å². The van der Waals surface area contributed by atoms with Crippen LogP contribution in [0.4, 0.5) is 11.4 Å². The van der Waals surface area contributed by atoms with Gasteiger partial charge >= 0.3 is 0 Å². The zero-order valence-electron chi connectivity index (χ0n) is 20.0. The van der Waals surface area contributed by atoms with Crippen molar-refractivity contribution in [1.29, 1.82) is 0 Å². The summed E-state index contributed by atoms with van der Waals surface area (Å²) in [6.45, 7) is 4.95. The number of sulfonamides is 1. The Balaban J connectivity index is 1.41. The van der Waals surface area contributed by atoms with Crippen molar-refractivity contribution in [2.75, 3.05) is 29.4 Å². The minimum Gasteiger partial charge on any atom is -0.312 e. The van der Waals surface area contributed by atoms with Gasteiger partial charge in [0.25, 0.3) is 0 Å². The molecule has 9 heteroatoms. The Labute approximate surface area is 215 Å². The first-order chi connectivity index (χ1) is 16.7. The monoisotopic (exact) mass is 559 g/mol. The molecule has 0 aliphatic carbocycles. The molecule has 2 atom stereocenters. The number of carbonyl (C=O) groups is 2. The maximum absolute atomic E-state index is 13.8. The Morgan fingerprint density at radius 1 is 1.09 bits per heavy atom. The summed E-state index contributed by atoms with van der Waals surface area (Å²) in [4.78, 5) is 29.7. The lowest BCUT2D eigenvalue weighted by atomic mass is 9.97. The lowest BCUT2D eigenvalue weighted by Gasteiger charge is -2.35. The van der Waals surface area contributed by atoms with E-state index in [-0.39, 0.29) is 29.3 Å². The van der Waals surface area contributed by atoms with Crippen LogP contribution in [-0.4, -0.2) is 50.2 Å².